The number of fused-ring (bicyclic) bond motifs is 2. The van der Waals surface area contributed by atoms with Gasteiger partial charge in [-0.15, -0.1) is 0 Å². The van der Waals surface area contributed by atoms with Gasteiger partial charge in [0.05, 0.1) is 25.4 Å². The van der Waals surface area contributed by atoms with E-state index in [1.54, 1.807) is 6.20 Å². The van der Waals surface area contributed by atoms with Crippen LogP contribution in [0.25, 0.3) is 33.0 Å². The van der Waals surface area contributed by atoms with Gasteiger partial charge in [-0.25, -0.2) is 0 Å². The molecule has 40 heavy (non-hydrogen) atoms. The summed E-state index contributed by atoms with van der Waals surface area (Å²) in [6.07, 6.45) is 7.36. The van der Waals surface area contributed by atoms with Crippen molar-refractivity contribution in [3.8, 4) is 0 Å². The highest BCUT2D eigenvalue weighted by atomic mass is 16.5. The normalized spacial score (nSPS) is 13.8. The van der Waals surface area contributed by atoms with E-state index < -0.39 is 0 Å². The number of benzene rings is 2. The Morgan fingerprint density at radius 2 is 1.40 bits per heavy atom. The average molecular weight is 535 g/mol. The summed E-state index contributed by atoms with van der Waals surface area (Å²) in [5, 5.41) is 1.70. The minimum Gasteiger partial charge on any atom is -0.492 e. The van der Waals surface area contributed by atoms with Gasteiger partial charge in [-0.3, -0.25) is 9.59 Å². The lowest BCUT2D eigenvalue weighted by atomic mass is 9.84. The summed E-state index contributed by atoms with van der Waals surface area (Å²) in [6, 6.07) is 13.8. The van der Waals surface area contributed by atoms with Crippen LogP contribution in [0.3, 0.4) is 0 Å². The van der Waals surface area contributed by atoms with Gasteiger partial charge in [-0.05, 0) is 45.7 Å². The molecule has 5 rings (SSSR count). The average Bonchev–Trinajstić information content (AvgIpc) is 3.53. The molecule has 2 aromatic carbocycles. The third kappa shape index (κ3) is 4.60. The zero-order chi connectivity index (χ0) is 28.6. The number of allylic oxidation sites excluding steroid dienone is 6. The topological polar surface area (TPSA) is 84.2 Å². The quantitative estimate of drug-likeness (QED) is 0.184. The number of aromatic amines is 2. The predicted octanol–water partition coefficient (Wildman–Crippen LogP) is 7.23. The number of methoxy groups -OCH3 is 2. The maximum Gasteiger partial charge on any atom is 0.232 e. The van der Waals surface area contributed by atoms with Gasteiger partial charge in [0, 0.05) is 51.2 Å². The van der Waals surface area contributed by atoms with E-state index in [9.17, 15) is 9.59 Å². The number of para-hydroxylation sites is 2. The van der Waals surface area contributed by atoms with Crippen molar-refractivity contribution in [1.82, 2.24) is 9.97 Å². The molecule has 0 aliphatic heterocycles. The molecule has 0 bridgehead atoms. The van der Waals surface area contributed by atoms with Gasteiger partial charge in [-0.1, -0.05) is 59.7 Å². The number of ketones is 2. The molecule has 0 fully saturated rings. The van der Waals surface area contributed by atoms with Crippen LogP contribution in [0, 0.1) is 0 Å². The number of rotatable bonds is 8. The summed E-state index contributed by atoms with van der Waals surface area (Å²) in [5.41, 5.74) is 7.81. The summed E-state index contributed by atoms with van der Waals surface area (Å²) in [4.78, 5) is 35.3. The first-order chi connectivity index (χ1) is 19.3. The van der Waals surface area contributed by atoms with E-state index in [0.717, 1.165) is 45.1 Å². The van der Waals surface area contributed by atoms with Gasteiger partial charge in [0.25, 0.3) is 0 Å². The van der Waals surface area contributed by atoms with Crippen LogP contribution >= 0.6 is 0 Å². The first-order valence-electron chi connectivity index (χ1n) is 13.4. The Kier molecular flexibility index (Phi) is 7.35. The number of Topliss-reactive ketones (excluding diaryl/α,β-unsaturated/α-hetero) is 2. The lowest BCUT2D eigenvalue weighted by molar-refractivity contribution is -0.117. The number of aromatic nitrogens is 2. The highest BCUT2D eigenvalue weighted by Crippen LogP contribution is 2.42. The summed E-state index contributed by atoms with van der Waals surface area (Å²) >= 11 is 0. The molecule has 4 aromatic rings. The second-order valence-corrected chi connectivity index (χ2v) is 10.5. The Morgan fingerprint density at radius 3 is 2.10 bits per heavy atom. The Hall–Kier alpha value is -4.58. The third-order valence-corrected chi connectivity index (χ3v) is 7.28. The van der Waals surface area contributed by atoms with Gasteiger partial charge in [-0.2, -0.15) is 0 Å². The minimum absolute atomic E-state index is 0.00912. The zero-order valence-corrected chi connectivity index (χ0v) is 23.8. The fourth-order valence-corrected chi connectivity index (χ4v) is 5.37. The molecule has 2 aromatic heterocycles. The van der Waals surface area contributed by atoms with Gasteiger partial charge >= 0.3 is 0 Å². The fourth-order valence-electron chi connectivity index (χ4n) is 5.37. The van der Waals surface area contributed by atoms with Gasteiger partial charge in [0.15, 0.2) is 11.5 Å². The van der Waals surface area contributed by atoms with Crippen molar-refractivity contribution >= 4 is 44.5 Å². The molecule has 0 amide bonds. The number of carbonyl (C=O) groups is 2. The van der Waals surface area contributed by atoms with Gasteiger partial charge in [0.2, 0.25) is 11.6 Å². The summed E-state index contributed by atoms with van der Waals surface area (Å²) < 4.78 is 11.4. The largest absolute Gasteiger partial charge is 0.492 e. The molecule has 0 saturated heterocycles. The maximum atomic E-state index is 14.3. The van der Waals surface area contributed by atoms with Crippen LogP contribution in [-0.2, 0) is 31.9 Å². The Balaban J connectivity index is 1.72. The molecule has 6 nitrogen and oxygen atoms in total. The van der Waals surface area contributed by atoms with E-state index >= 15 is 0 Å². The van der Waals surface area contributed by atoms with Gasteiger partial charge in [0.1, 0.15) is 0 Å². The number of ether oxygens (including phenoxy) is 2. The van der Waals surface area contributed by atoms with Crippen molar-refractivity contribution in [1.29, 1.82) is 0 Å². The van der Waals surface area contributed by atoms with Crippen LogP contribution in [0.5, 0.6) is 0 Å². The molecule has 6 heteroatoms. The van der Waals surface area contributed by atoms with E-state index in [-0.39, 0.29) is 34.2 Å². The van der Waals surface area contributed by atoms with E-state index in [1.165, 1.54) is 19.8 Å². The number of hydrogen-bond acceptors (Lipinski definition) is 4. The Morgan fingerprint density at radius 1 is 0.775 bits per heavy atom. The van der Waals surface area contributed by atoms with E-state index in [1.807, 2.05) is 50.2 Å². The summed E-state index contributed by atoms with van der Waals surface area (Å²) in [5.74, 6) is -0.746. The van der Waals surface area contributed by atoms with Crippen molar-refractivity contribution in [3.63, 3.8) is 0 Å². The molecular formula is C34H34N2O4. The van der Waals surface area contributed by atoms with Crippen molar-refractivity contribution in [3.05, 3.63) is 106 Å². The van der Waals surface area contributed by atoms with Crippen LogP contribution in [0.15, 0.2) is 83.5 Å². The van der Waals surface area contributed by atoms with Crippen LogP contribution in [0.1, 0.15) is 50.1 Å². The number of H-pyrrole nitrogens is 2. The molecule has 204 valence electrons. The SMILES string of the molecule is COC1=C(c2c(CC=C(C)C)[nH]c3ccccc23)C(=O)C(OC)=C(c2c[nH]c3c(CC=C(C)C)cccc23)C1=O. The van der Waals surface area contributed by atoms with Crippen LogP contribution in [-0.4, -0.2) is 35.8 Å². The first kappa shape index (κ1) is 27.0. The zero-order valence-electron chi connectivity index (χ0n) is 23.8. The van der Waals surface area contributed by atoms with E-state index in [0.29, 0.717) is 17.5 Å². The van der Waals surface area contributed by atoms with Crippen molar-refractivity contribution < 1.29 is 19.1 Å². The number of carbonyl (C=O) groups excluding carboxylic acids is 2. The van der Waals surface area contributed by atoms with Crippen LogP contribution in [0.4, 0.5) is 0 Å². The molecule has 0 saturated carbocycles. The highest BCUT2D eigenvalue weighted by molar-refractivity contribution is 6.48. The first-order valence-corrected chi connectivity index (χ1v) is 13.4. The van der Waals surface area contributed by atoms with E-state index in [4.69, 9.17) is 9.47 Å². The second-order valence-electron chi connectivity index (χ2n) is 10.5. The molecule has 1 aliphatic rings. The number of nitrogens with one attached hydrogen (secondary N) is 2. The van der Waals surface area contributed by atoms with Gasteiger partial charge < -0.3 is 19.4 Å². The van der Waals surface area contributed by atoms with E-state index in [2.05, 4.69) is 42.0 Å². The molecular weight excluding hydrogens is 500 g/mol. The molecule has 0 unspecified atom stereocenters. The maximum absolute atomic E-state index is 14.3. The monoisotopic (exact) mass is 534 g/mol. The van der Waals surface area contributed by atoms with Crippen LogP contribution < -0.4 is 0 Å². The van der Waals surface area contributed by atoms with Crippen LogP contribution in [0.2, 0.25) is 0 Å². The number of hydrogen-bond donors (Lipinski definition) is 2. The van der Waals surface area contributed by atoms with Crippen molar-refractivity contribution in [2.75, 3.05) is 14.2 Å². The lowest BCUT2D eigenvalue weighted by Crippen LogP contribution is -2.25. The summed E-state index contributed by atoms with van der Waals surface area (Å²) in [6.45, 7) is 8.19. The molecule has 1 aliphatic carbocycles. The second kappa shape index (κ2) is 10.9. The van der Waals surface area contributed by atoms with Crippen molar-refractivity contribution in [2.24, 2.45) is 0 Å². The molecule has 0 radical (unpaired) electrons. The highest BCUT2D eigenvalue weighted by Gasteiger charge is 2.40. The third-order valence-electron chi connectivity index (χ3n) is 7.28. The van der Waals surface area contributed by atoms with Crippen molar-refractivity contribution in [2.45, 2.75) is 40.5 Å². The molecule has 2 heterocycles. The predicted molar refractivity (Wildman–Crippen MR) is 161 cm³/mol. The smallest absolute Gasteiger partial charge is 0.232 e. The Labute approximate surface area is 234 Å². The Bertz CT molecular complexity index is 1780. The fraction of sp³-hybridized carbons (Fsp3) is 0.235. The molecule has 0 atom stereocenters. The minimum atomic E-state index is -0.386. The summed E-state index contributed by atoms with van der Waals surface area (Å²) in [7, 11) is 2.87. The standard InChI is InChI=1S/C34H34N2O4/c1-19(2)14-16-21-10-9-12-22-24(18-35-30(21)22)28-31(37)34(40-6)29(32(38)33(28)39-5)27-23-11-7-8-13-25(23)36-26(27)17-15-20(3)4/h7-15,18,35-36H,16-17H2,1-6H3. The molecule has 0 spiro atoms. The molecule has 2 N–H and O–H groups in total. The lowest BCUT2D eigenvalue weighted by Gasteiger charge is -2.22.